The number of carbonyl (C=O) groups is 1. The maximum Gasteiger partial charge on any atom is 0.573 e. The quantitative estimate of drug-likeness (QED) is 0.759. The van der Waals surface area contributed by atoms with Gasteiger partial charge in [-0.1, -0.05) is 0 Å². The average molecular weight is 243 g/mol. The minimum Gasteiger partial charge on any atom is -0.406 e. The first-order chi connectivity index (χ1) is 7.90. The Morgan fingerprint density at radius 1 is 1.29 bits per heavy atom. The molecular weight excluding hydrogens is 235 g/mol. The van der Waals surface area contributed by atoms with Crippen molar-refractivity contribution >= 4 is 17.2 Å². The molecule has 0 aliphatic heterocycles. The van der Waals surface area contributed by atoms with Gasteiger partial charge < -0.3 is 9.30 Å². The van der Waals surface area contributed by atoms with Crippen molar-refractivity contribution in [3.05, 3.63) is 30.0 Å². The largest absolute Gasteiger partial charge is 0.573 e. The van der Waals surface area contributed by atoms with Crippen LogP contribution in [0.25, 0.3) is 10.9 Å². The molecular formula is C11H8F3NO2. The molecule has 2 aromatic rings. The van der Waals surface area contributed by atoms with E-state index >= 15 is 0 Å². The summed E-state index contributed by atoms with van der Waals surface area (Å²) in [5.74, 6) is -0.302. The van der Waals surface area contributed by atoms with Crippen LogP contribution in [0.15, 0.2) is 24.3 Å². The number of aldehydes is 1. The van der Waals surface area contributed by atoms with Crippen molar-refractivity contribution in [3.63, 3.8) is 0 Å². The van der Waals surface area contributed by atoms with Gasteiger partial charge in [0.1, 0.15) is 5.75 Å². The highest BCUT2D eigenvalue weighted by molar-refractivity contribution is 5.89. The number of hydrogen-bond acceptors (Lipinski definition) is 2. The lowest BCUT2D eigenvalue weighted by molar-refractivity contribution is -0.274. The highest BCUT2D eigenvalue weighted by Gasteiger charge is 2.31. The first-order valence-corrected chi connectivity index (χ1v) is 4.71. The number of benzene rings is 1. The number of nitrogens with zero attached hydrogens (tertiary/aromatic N) is 1. The van der Waals surface area contributed by atoms with Crippen molar-refractivity contribution in [2.24, 2.45) is 7.05 Å². The molecule has 0 fully saturated rings. The van der Waals surface area contributed by atoms with E-state index in [2.05, 4.69) is 4.74 Å². The Bertz CT molecular complexity index is 572. The fourth-order valence-electron chi connectivity index (χ4n) is 1.64. The van der Waals surface area contributed by atoms with Gasteiger partial charge in [-0.05, 0) is 18.2 Å². The Morgan fingerprint density at radius 2 is 2.00 bits per heavy atom. The summed E-state index contributed by atoms with van der Waals surface area (Å²) in [6.45, 7) is 0. The smallest absolute Gasteiger partial charge is 0.406 e. The number of alkyl halides is 3. The molecule has 0 unspecified atom stereocenters. The Labute approximate surface area is 94.4 Å². The summed E-state index contributed by atoms with van der Waals surface area (Å²) in [4.78, 5) is 10.7. The molecule has 3 nitrogen and oxygen atoms in total. The molecule has 0 saturated carbocycles. The molecule has 0 amide bonds. The Hall–Kier alpha value is -1.98. The zero-order valence-corrected chi connectivity index (χ0v) is 8.78. The van der Waals surface area contributed by atoms with E-state index in [1.165, 1.54) is 22.8 Å². The third-order valence-electron chi connectivity index (χ3n) is 2.41. The normalized spacial score (nSPS) is 11.8. The van der Waals surface area contributed by atoms with E-state index in [4.69, 9.17) is 0 Å². The molecule has 0 N–H and O–H groups in total. The van der Waals surface area contributed by atoms with E-state index in [-0.39, 0.29) is 5.75 Å². The zero-order valence-electron chi connectivity index (χ0n) is 8.78. The highest BCUT2D eigenvalue weighted by Crippen LogP contribution is 2.27. The van der Waals surface area contributed by atoms with Crippen LogP contribution in [-0.2, 0) is 7.05 Å². The first kappa shape index (κ1) is 11.5. The maximum atomic E-state index is 12.0. The third kappa shape index (κ3) is 2.25. The van der Waals surface area contributed by atoms with Crippen LogP contribution in [0.3, 0.4) is 0 Å². The number of ether oxygens (including phenoxy) is 1. The number of aryl methyl sites for hydroxylation is 1. The van der Waals surface area contributed by atoms with Crippen molar-refractivity contribution in [1.82, 2.24) is 4.57 Å². The molecule has 90 valence electrons. The Balaban J connectivity index is 2.49. The lowest BCUT2D eigenvalue weighted by Gasteiger charge is -2.09. The van der Waals surface area contributed by atoms with Crippen LogP contribution in [-0.4, -0.2) is 17.2 Å². The summed E-state index contributed by atoms with van der Waals surface area (Å²) in [6.07, 6.45) is -4.07. The monoisotopic (exact) mass is 243 g/mol. The maximum absolute atomic E-state index is 12.0. The second-order valence-electron chi connectivity index (χ2n) is 3.51. The van der Waals surface area contributed by atoms with Crippen LogP contribution in [0, 0.1) is 0 Å². The number of hydrogen-bond donors (Lipinski definition) is 0. The summed E-state index contributed by atoms with van der Waals surface area (Å²) in [6, 6.07) is 5.53. The van der Waals surface area contributed by atoms with Gasteiger partial charge in [-0.3, -0.25) is 4.79 Å². The fourth-order valence-corrected chi connectivity index (χ4v) is 1.64. The van der Waals surface area contributed by atoms with Gasteiger partial charge in [-0.15, -0.1) is 13.2 Å². The van der Waals surface area contributed by atoms with E-state index in [0.29, 0.717) is 22.9 Å². The molecule has 0 spiro atoms. The molecule has 1 aromatic carbocycles. The van der Waals surface area contributed by atoms with E-state index in [1.54, 1.807) is 13.1 Å². The average Bonchev–Trinajstić information content (AvgIpc) is 2.53. The minimum absolute atomic E-state index is 0.302. The molecule has 0 aliphatic carbocycles. The molecule has 17 heavy (non-hydrogen) atoms. The fraction of sp³-hybridized carbons (Fsp3) is 0.182. The highest BCUT2D eigenvalue weighted by atomic mass is 19.4. The van der Waals surface area contributed by atoms with Crippen molar-refractivity contribution in [3.8, 4) is 5.75 Å². The predicted molar refractivity (Wildman–Crippen MR) is 55.0 cm³/mol. The number of fused-ring (bicyclic) bond motifs is 1. The van der Waals surface area contributed by atoms with E-state index < -0.39 is 6.36 Å². The lowest BCUT2D eigenvalue weighted by Crippen LogP contribution is -2.17. The number of carbonyl (C=O) groups excluding carboxylic acids is 1. The van der Waals surface area contributed by atoms with Gasteiger partial charge in [0, 0.05) is 18.5 Å². The number of halogens is 3. The van der Waals surface area contributed by atoms with Gasteiger partial charge >= 0.3 is 6.36 Å². The van der Waals surface area contributed by atoms with Gasteiger partial charge in [0.2, 0.25) is 0 Å². The SMILES string of the molecule is Cn1c(C=O)cc2ccc(OC(F)(F)F)cc21. The topological polar surface area (TPSA) is 31.2 Å². The van der Waals surface area contributed by atoms with E-state index in [9.17, 15) is 18.0 Å². The number of rotatable bonds is 2. The molecule has 1 heterocycles. The van der Waals surface area contributed by atoms with E-state index in [1.807, 2.05) is 0 Å². The van der Waals surface area contributed by atoms with Crippen molar-refractivity contribution in [1.29, 1.82) is 0 Å². The Kier molecular flexibility index (Phi) is 2.57. The summed E-state index contributed by atoms with van der Waals surface area (Å²) in [7, 11) is 1.60. The molecule has 0 bridgehead atoms. The summed E-state index contributed by atoms with van der Waals surface area (Å²) in [5.41, 5.74) is 0.901. The zero-order chi connectivity index (χ0) is 12.6. The molecule has 0 atom stereocenters. The second kappa shape index (κ2) is 3.80. The van der Waals surface area contributed by atoms with Crippen LogP contribution in [0.4, 0.5) is 13.2 Å². The van der Waals surface area contributed by atoms with E-state index in [0.717, 1.165) is 0 Å². The number of aromatic nitrogens is 1. The van der Waals surface area contributed by atoms with Gasteiger partial charge in [-0.25, -0.2) is 0 Å². The Morgan fingerprint density at radius 3 is 2.59 bits per heavy atom. The van der Waals surface area contributed by atoms with Gasteiger partial charge in [0.15, 0.2) is 6.29 Å². The molecule has 0 aliphatic rings. The standard InChI is InChI=1S/C11H8F3NO2/c1-15-8(6-16)4-7-2-3-9(5-10(7)15)17-11(12,13)14/h2-6H,1H3. The lowest BCUT2D eigenvalue weighted by atomic mass is 10.2. The first-order valence-electron chi connectivity index (χ1n) is 4.71. The summed E-state index contributed by atoms with van der Waals surface area (Å²) in [5, 5.41) is 0.684. The van der Waals surface area contributed by atoms with Gasteiger partial charge in [0.25, 0.3) is 0 Å². The minimum atomic E-state index is -4.72. The van der Waals surface area contributed by atoms with Crippen LogP contribution in [0.5, 0.6) is 5.75 Å². The van der Waals surface area contributed by atoms with Crippen LogP contribution < -0.4 is 4.74 Å². The van der Waals surface area contributed by atoms with Crippen molar-refractivity contribution in [2.75, 3.05) is 0 Å². The second-order valence-corrected chi connectivity index (χ2v) is 3.51. The van der Waals surface area contributed by atoms with Crippen molar-refractivity contribution in [2.45, 2.75) is 6.36 Å². The molecule has 6 heteroatoms. The van der Waals surface area contributed by atoms with Crippen LogP contribution in [0.1, 0.15) is 10.5 Å². The van der Waals surface area contributed by atoms with Gasteiger partial charge in [-0.2, -0.15) is 0 Å². The van der Waals surface area contributed by atoms with Crippen LogP contribution >= 0.6 is 0 Å². The molecule has 0 saturated heterocycles. The predicted octanol–water partition coefficient (Wildman–Crippen LogP) is 2.89. The summed E-state index contributed by atoms with van der Waals surface area (Å²) >= 11 is 0. The van der Waals surface area contributed by atoms with Gasteiger partial charge in [0.05, 0.1) is 11.2 Å². The summed E-state index contributed by atoms with van der Waals surface area (Å²) < 4.78 is 41.4. The van der Waals surface area contributed by atoms with Crippen molar-refractivity contribution < 1.29 is 22.7 Å². The molecule has 2 rings (SSSR count). The molecule has 0 radical (unpaired) electrons. The molecule has 1 aromatic heterocycles. The third-order valence-corrected chi connectivity index (χ3v) is 2.41. The van der Waals surface area contributed by atoms with Crippen LogP contribution in [0.2, 0.25) is 0 Å².